The first kappa shape index (κ1) is 15.9. The highest BCUT2D eigenvalue weighted by molar-refractivity contribution is 9.10. The van der Waals surface area contributed by atoms with Crippen molar-refractivity contribution in [3.8, 4) is 0 Å². The molecule has 0 saturated heterocycles. The van der Waals surface area contributed by atoms with Crippen molar-refractivity contribution < 1.29 is 0 Å². The van der Waals surface area contributed by atoms with E-state index in [1.165, 1.54) is 24.2 Å². The first-order valence-corrected chi connectivity index (χ1v) is 9.05. The van der Waals surface area contributed by atoms with Gasteiger partial charge in [0.05, 0.1) is 6.04 Å². The highest BCUT2D eigenvalue weighted by Crippen LogP contribution is 2.35. The van der Waals surface area contributed by atoms with Crippen LogP contribution >= 0.6 is 27.7 Å². The van der Waals surface area contributed by atoms with E-state index in [2.05, 4.69) is 66.3 Å². The van der Waals surface area contributed by atoms with Gasteiger partial charge in [-0.3, -0.25) is 4.99 Å². The second-order valence-electron chi connectivity index (χ2n) is 5.53. The number of hydrogen-bond donors (Lipinski definition) is 1. The quantitative estimate of drug-likeness (QED) is 0.821. The van der Waals surface area contributed by atoms with Gasteiger partial charge < -0.3 is 5.32 Å². The number of halogens is 1. The summed E-state index contributed by atoms with van der Waals surface area (Å²) < 4.78 is 1.12. The molecule has 1 aliphatic rings. The van der Waals surface area contributed by atoms with Crippen molar-refractivity contribution in [3.63, 3.8) is 0 Å². The number of benzene rings is 1. The third kappa shape index (κ3) is 3.79. The standard InChI is InChI=1S/C16H23BrN2S/c1-4-16(5-2)10-18-15(20-11-16)19-12(3)13-6-8-14(17)9-7-13/h6-9,12H,4-5,10-11H2,1-3H3,(H,18,19). The maximum absolute atomic E-state index is 4.77. The van der Waals surface area contributed by atoms with Gasteiger partial charge in [-0.2, -0.15) is 0 Å². The van der Waals surface area contributed by atoms with Crippen molar-refractivity contribution >= 4 is 32.9 Å². The molecule has 1 N–H and O–H groups in total. The molecular formula is C16H23BrN2S. The smallest absolute Gasteiger partial charge is 0.157 e. The number of nitrogens with zero attached hydrogens (tertiary/aromatic N) is 1. The number of aliphatic imine (C=N–C) groups is 1. The molecule has 2 rings (SSSR count). The molecule has 1 aliphatic heterocycles. The topological polar surface area (TPSA) is 24.4 Å². The lowest BCUT2D eigenvalue weighted by Gasteiger charge is -2.34. The largest absolute Gasteiger partial charge is 0.358 e. The van der Waals surface area contributed by atoms with Gasteiger partial charge in [-0.05, 0) is 42.9 Å². The highest BCUT2D eigenvalue weighted by Gasteiger charge is 2.30. The first-order chi connectivity index (χ1) is 9.58. The Morgan fingerprint density at radius 3 is 2.45 bits per heavy atom. The molecule has 1 heterocycles. The van der Waals surface area contributed by atoms with Gasteiger partial charge in [-0.25, -0.2) is 0 Å². The zero-order chi connectivity index (χ0) is 14.6. The van der Waals surface area contributed by atoms with E-state index in [1.807, 2.05) is 11.8 Å². The minimum Gasteiger partial charge on any atom is -0.358 e. The van der Waals surface area contributed by atoms with Crippen LogP contribution < -0.4 is 5.32 Å². The summed E-state index contributed by atoms with van der Waals surface area (Å²) >= 11 is 5.35. The van der Waals surface area contributed by atoms with E-state index in [0.717, 1.165) is 16.2 Å². The molecule has 1 aromatic carbocycles. The van der Waals surface area contributed by atoms with Crippen LogP contribution in [-0.2, 0) is 0 Å². The normalized spacial score (nSPS) is 19.3. The molecule has 1 atom stereocenters. The molecule has 1 unspecified atom stereocenters. The fraction of sp³-hybridized carbons (Fsp3) is 0.562. The Hall–Kier alpha value is -0.480. The summed E-state index contributed by atoms with van der Waals surface area (Å²) in [6.07, 6.45) is 2.44. The Balaban J connectivity index is 1.97. The molecule has 4 heteroatoms. The lowest BCUT2D eigenvalue weighted by Crippen LogP contribution is -2.35. The van der Waals surface area contributed by atoms with Crippen molar-refractivity contribution in [2.75, 3.05) is 12.3 Å². The molecule has 110 valence electrons. The number of thioether (sulfide) groups is 1. The average molecular weight is 355 g/mol. The molecule has 0 spiro atoms. The summed E-state index contributed by atoms with van der Waals surface area (Å²) in [4.78, 5) is 4.77. The van der Waals surface area contributed by atoms with Gasteiger partial charge >= 0.3 is 0 Å². The lowest BCUT2D eigenvalue weighted by molar-refractivity contribution is 0.318. The van der Waals surface area contributed by atoms with Gasteiger partial charge in [0.2, 0.25) is 0 Å². The molecule has 2 nitrogen and oxygen atoms in total. The second kappa shape index (κ2) is 6.99. The number of rotatable bonds is 4. The fourth-order valence-corrected chi connectivity index (χ4v) is 3.96. The van der Waals surface area contributed by atoms with Crippen LogP contribution in [0.3, 0.4) is 0 Å². The monoisotopic (exact) mass is 354 g/mol. The summed E-state index contributed by atoms with van der Waals surface area (Å²) in [5.41, 5.74) is 1.70. The molecule has 0 amide bonds. The lowest BCUT2D eigenvalue weighted by atomic mass is 9.84. The van der Waals surface area contributed by atoms with Gasteiger partial charge in [-0.15, -0.1) is 0 Å². The summed E-state index contributed by atoms with van der Waals surface area (Å²) in [5.74, 6) is 1.18. The van der Waals surface area contributed by atoms with Gasteiger partial charge in [-0.1, -0.05) is 53.7 Å². The van der Waals surface area contributed by atoms with Crippen molar-refractivity contribution in [2.24, 2.45) is 10.4 Å². The van der Waals surface area contributed by atoms with E-state index < -0.39 is 0 Å². The van der Waals surface area contributed by atoms with Crippen molar-refractivity contribution in [1.82, 2.24) is 5.32 Å². The van der Waals surface area contributed by atoms with Crippen molar-refractivity contribution in [3.05, 3.63) is 34.3 Å². The second-order valence-corrected chi connectivity index (χ2v) is 7.41. The SMILES string of the molecule is CCC1(CC)CN=C(NC(C)c2ccc(Br)cc2)SC1. The Morgan fingerprint density at radius 1 is 1.30 bits per heavy atom. The van der Waals surface area contributed by atoms with Crippen LogP contribution in [0.2, 0.25) is 0 Å². The molecule has 0 radical (unpaired) electrons. The summed E-state index contributed by atoms with van der Waals surface area (Å²) in [6, 6.07) is 8.77. The van der Waals surface area contributed by atoms with E-state index in [1.54, 1.807) is 0 Å². The van der Waals surface area contributed by atoms with Crippen LogP contribution in [0.5, 0.6) is 0 Å². The van der Waals surface area contributed by atoms with Crippen LogP contribution in [-0.4, -0.2) is 17.5 Å². The van der Waals surface area contributed by atoms with Gasteiger partial charge in [0.1, 0.15) is 0 Å². The van der Waals surface area contributed by atoms with Gasteiger partial charge in [0.15, 0.2) is 5.17 Å². The summed E-state index contributed by atoms with van der Waals surface area (Å²) in [7, 11) is 0. The minimum atomic E-state index is 0.296. The third-order valence-electron chi connectivity index (χ3n) is 4.28. The van der Waals surface area contributed by atoms with Crippen LogP contribution in [0.25, 0.3) is 0 Å². The number of hydrogen-bond acceptors (Lipinski definition) is 3. The molecule has 0 aliphatic carbocycles. The van der Waals surface area contributed by atoms with Gasteiger partial charge in [0.25, 0.3) is 0 Å². The van der Waals surface area contributed by atoms with Crippen LogP contribution in [0.1, 0.15) is 45.2 Å². The minimum absolute atomic E-state index is 0.296. The molecule has 20 heavy (non-hydrogen) atoms. The highest BCUT2D eigenvalue weighted by atomic mass is 79.9. The van der Waals surface area contributed by atoms with Crippen molar-refractivity contribution in [1.29, 1.82) is 0 Å². The van der Waals surface area contributed by atoms with Crippen LogP contribution in [0, 0.1) is 5.41 Å². The maximum Gasteiger partial charge on any atom is 0.157 e. The van der Waals surface area contributed by atoms with Crippen LogP contribution in [0.4, 0.5) is 0 Å². The molecule has 0 fully saturated rings. The number of nitrogens with one attached hydrogen (secondary N) is 1. The van der Waals surface area contributed by atoms with Crippen LogP contribution in [0.15, 0.2) is 33.7 Å². The van der Waals surface area contributed by atoms with E-state index in [4.69, 9.17) is 4.99 Å². The predicted octanol–water partition coefficient (Wildman–Crippen LogP) is 5.01. The van der Waals surface area contributed by atoms with E-state index in [0.29, 0.717) is 11.5 Å². The Labute approximate surface area is 135 Å². The zero-order valence-corrected chi connectivity index (χ0v) is 14.9. The Bertz CT molecular complexity index is 466. The predicted molar refractivity (Wildman–Crippen MR) is 93.5 cm³/mol. The van der Waals surface area contributed by atoms with Gasteiger partial charge in [0, 0.05) is 16.8 Å². The van der Waals surface area contributed by atoms with Crippen molar-refractivity contribution in [2.45, 2.75) is 39.7 Å². The van der Waals surface area contributed by atoms with E-state index in [-0.39, 0.29) is 0 Å². The molecule has 0 bridgehead atoms. The summed E-state index contributed by atoms with van der Waals surface area (Å²) in [6.45, 7) is 7.71. The maximum atomic E-state index is 4.77. The Kier molecular flexibility index (Phi) is 5.56. The third-order valence-corrected chi connectivity index (χ3v) is 6.09. The zero-order valence-electron chi connectivity index (χ0n) is 12.4. The first-order valence-electron chi connectivity index (χ1n) is 7.28. The molecule has 0 aromatic heterocycles. The summed E-state index contributed by atoms with van der Waals surface area (Å²) in [5, 5.41) is 4.63. The number of amidine groups is 1. The average Bonchev–Trinajstić information content (AvgIpc) is 2.49. The van der Waals surface area contributed by atoms with E-state index >= 15 is 0 Å². The molecule has 0 saturated carbocycles. The fourth-order valence-electron chi connectivity index (χ4n) is 2.34. The molecule has 1 aromatic rings. The van der Waals surface area contributed by atoms with E-state index in [9.17, 15) is 0 Å². The molecular weight excluding hydrogens is 332 g/mol. The Morgan fingerprint density at radius 2 is 1.95 bits per heavy atom.